The van der Waals surface area contributed by atoms with E-state index in [0.29, 0.717) is 30.6 Å². The SMILES string of the molecule is NC1CCC2CN(c3ccc(C(F)(F)F)c(S(N)(=O)=O)c3C3NNNN3)CC2C1. The first-order valence-electron chi connectivity index (χ1n) is 9.34. The Balaban J connectivity index is 1.84. The number of rotatable bonds is 3. The van der Waals surface area contributed by atoms with E-state index in [1.165, 1.54) is 6.07 Å². The van der Waals surface area contributed by atoms with E-state index in [4.69, 9.17) is 10.9 Å². The van der Waals surface area contributed by atoms with Crippen LogP contribution in [0.15, 0.2) is 17.0 Å². The van der Waals surface area contributed by atoms with Gasteiger partial charge < -0.3 is 10.6 Å². The van der Waals surface area contributed by atoms with Gasteiger partial charge in [0, 0.05) is 30.4 Å². The lowest BCUT2D eigenvalue weighted by atomic mass is 9.79. The number of hydrazine groups is 3. The first-order valence-corrected chi connectivity index (χ1v) is 10.9. The minimum atomic E-state index is -4.87. The van der Waals surface area contributed by atoms with Gasteiger partial charge in [-0.15, -0.1) is 0 Å². The van der Waals surface area contributed by atoms with Crippen molar-refractivity contribution in [2.24, 2.45) is 22.7 Å². The van der Waals surface area contributed by atoms with Crippen LogP contribution in [-0.2, 0) is 16.2 Å². The Morgan fingerprint density at radius 1 is 1.07 bits per heavy atom. The summed E-state index contributed by atoms with van der Waals surface area (Å²) in [5.41, 5.74) is 15.5. The third kappa shape index (κ3) is 3.95. The summed E-state index contributed by atoms with van der Waals surface area (Å²) in [6.07, 6.45) is -3.10. The summed E-state index contributed by atoms with van der Waals surface area (Å²) in [6, 6.07) is 2.24. The lowest BCUT2D eigenvalue weighted by molar-refractivity contribution is -0.140. The lowest BCUT2D eigenvalue weighted by Crippen LogP contribution is -2.33. The molecule has 9 nitrogen and oxygen atoms in total. The van der Waals surface area contributed by atoms with Crippen LogP contribution < -0.4 is 37.7 Å². The number of halogens is 3. The number of hydrogen-bond acceptors (Lipinski definition) is 8. The highest BCUT2D eigenvalue weighted by atomic mass is 32.2. The summed E-state index contributed by atoms with van der Waals surface area (Å²) in [6.45, 7) is 1.24. The number of sulfonamides is 1. The molecular weight excluding hydrogens is 411 g/mol. The van der Waals surface area contributed by atoms with Crippen molar-refractivity contribution in [2.45, 2.75) is 42.5 Å². The Bertz CT molecular complexity index is 889. The second-order valence-corrected chi connectivity index (χ2v) is 9.39. The smallest absolute Gasteiger partial charge is 0.371 e. The Morgan fingerprint density at radius 3 is 2.34 bits per heavy atom. The zero-order chi connectivity index (χ0) is 21.0. The zero-order valence-corrected chi connectivity index (χ0v) is 16.3. The van der Waals surface area contributed by atoms with E-state index in [-0.39, 0.29) is 11.6 Å². The fourth-order valence-corrected chi connectivity index (χ4v) is 5.75. The van der Waals surface area contributed by atoms with E-state index in [1.807, 2.05) is 4.90 Å². The molecule has 8 N–H and O–H groups in total. The van der Waals surface area contributed by atoms with E-state index in [1.54, 1.807) is 0 Å². The first kappa shape index (κ1) is 20.8. The topological polar surface area (TPSA) is 138 Å². The summed E-state index contributed by atoms with van der Waals surface area (Å²) in [7, 11) is -4.67. The molecule has 3 unspecified atom stereocenters. The molecule has 1 aliphatic carbocycles. The van der Waals surface area contributed by atoms with Crippen LogP contribution in [0.4, 0.5) is 18.9 Å². The van der Waals surface area contributed by atoms with Crippen molar-refractivity contribution in [1.82, 2.24) is 21.9 Å². The molecule has 2 aliphatic heterocycles. The molecule has 29 heavy (non-hydrogen) atoms. The number of hydrogen-bond donors (Lipinski definition) is 6. The van der Waals surface area contributed by atoms with Crippen molar-refractivity contribution in [1.29, 1.82) is 0 Å². The third-order valence-corrected chi connectivity index (χ3v) is 6.99. The molecule has 2 saturated heterocycles. The molecule has 0 aromatic heterocycles. The number of nitrogens with zero attached hydrogens (tertiary/aromatic N) is 1. The predicted octanol–water partition coefficient (Wildman–Crippen LogP) is 0.0320. The molecule has 3 fully saturated rings. The fraction of sp³-hybridized carbons (Fsp3) is 0.625. The van der Waals surface area contributed by atoms with Gasteiger partial charge in [-0.1, -0.05) is 0 Å². The molecule has 1 aromatic carbocycles. The van der Waals surface area contributed by atoms with Gasteiger partial charge in [0.1, 0.15) is 11.1 Å². The number of benzene rings is 1. The summed E-state index contributed by atoms with van der Waals surface area (Å²) in [5, 5.41) is 5.27. The second-order valence-electron chi connectivity index (χ2n) is 7.89. The first-order chi connectivity index (χ1) is 13.6. The van der Waals surface area contributed by atoms with Gasteiger partial charge in [0.05, 0.1) is 5.56 Å². The van der Waals surface area contributed by atoms with Gasteiger partial charge in [0.15, 0.2) is 0 Å². The Hall–Kier alpha value is -1.48. The van der Waals surface area contributed by atoms with Gasteiger partial charge in [-0.25, -0.2) is 24.4 Å². The van der Waals surface area contributed by atoms with Gasteiger partial charge in [0.25, 0.3) is 0 Å². The van der Waals surface area contributed by atoms with Crippen molar-refractivity contribution in [3.05, 3.63) is 23.3 Å². The van der Waals surface area contributed by atoms with Crippen molar-refractivity contribution in [3.63, 3.8) is 0 Å². The quantitative estimate of drug-likeness (QED) is 0.391. The van der Waals surface area contributed by atoms with Gasteiger partial charge in [0.2, 0.25) is 10.0 Å². The maximum atomic E-state index is 13.6. The average Bonchev–Trinajstić information content (AvgIpc) is 3.28. The van der Waals surface area contributed by atoms with Gasteiger partial charge in [-0.3, -0.25) is 0 Å². The molecule has 4 rings (SSSR count). The van der Waals surface area contributed by atoms with Gasteiger partial charge >= 0.3 is 6.18 Å². The summed E-state index contributed by atoms with van der Waals surface area (Å²) < 4.78 is 65.4. The van der Waals surface area contributed by atoms with Crippen LogP contribution in [-0.4, -0.2) is 27.5 Å². The van der Waals surface area contributed by atoms with Crippen molar-refractivity contribution in [3.8, 4) is 0 Å². The highest BCUT2D eigenvalue weighted by Gasteiger charge is 2.43. The Labute approximate surface area is 166 Å². The number of fused-ring (bicyclic) bond motifs is 1. The molecule has 162 valence electrons. The maximum Gasteiger partial charge on any atom is 0.417 e. The largest absolute Gasteiger partial charge is 0.417 e. The standard InChI is InChI=1S/C16H24F3N7O2S/c17-16(18,19)11-3-4-12(26-6-8-1-2-10(20)5-9(8)7-26)13(14(11)29(21,27)28)15-22-24-25-23-15/h3-4,8-10,15,22-25H,1-2,5-7,20H2,(H2,21,27,28). The molecule has 0 spiro atoms. The summed E-state index contributed by atoms with van der Waals surface area (Å²) in [5.74, 6) is 0.705. The highest BCUT2D eigenvalue weighted by molar-refractivity contribution is 7.89. The van der Waals surface area contributed by atoms with E-state index < -0.39 is 32.8 Å². The van der Waals surface area contributed by atoms with Crippen LogP contribution in [0.2, 0.25) is 0 Å². The lowest BCUT2D eigenvalue weighted by Gasteiger charge is -2.28. The molecule has 0 bridgehead atoms. The normalized spacial score (nSPS) is 28.7. The molecule has 1 saturated carbocycles. The van der Waals surface area contributed by atoms with Crippen molar-refractivity contribution in [2.75, 3.05) is 18.0 Å². The summed E-state index contributed by atoms with van der Waals surface area (Å²) in [4.78, 5) is 1.02. The highest BCUT2D eigenvalue weighted by Crippen LogP contribution is 2.44. The van der Waals surface area contributed by atoms with Crippen molar-refractivity contribution < 1.29 is 21.6 Å². The van der Waals surface area contributed by atoms with Crippen LogP contribution >= 0.6 is 0 Å². The van der Waals surface area contributed by atoms with Gasteiger partial charge in [-0.05, 0) is 43.2 Å². The van der Waals surface area contributed by atoms with E-state index >= 15 is 0 Å². The predicted molar refractivity (Wildman–Crippen MR) is 99.1 cm³/mol. The fourth-order valence-electron chi connectivity index (χ4n) is 4.73. The molecule has 13 heteroatoms. The summed E-state index contributed by atoms with van der Waals surface area (Å²) >= 11 is 0. The van der Waals surface area contributed by atoms with Gasteiger partial charge in [-0.2, -0.15) is 24.2 Å². The number of nitrogens with two attached hydrogens (primary N) is 2. The maximum absolute atomic E-state index is 13.6. The Morgan fingerprint density at radius 2 is 1.72 bits per heavy atom. The Kier molecular flexibility index (Phi) is 5.26. The molecule has 0 radical (unpaired) electrons. The van der Waals surface area contributed by atoms with Crippen LogP contribution in [0.1, 0.15) is 36.6 Å². The minimum Gasteiger partial charge on any atom is -0.371 e. The third-order valence-electron chi connectivity index (χ3n) is 5.98. The second kappa shape index (κ2) is 7.34. The number of primary sulfonamides is 1. The molecule has 2 heterocycles. The monoisotopic (exact) mass is 435 g/mol. The van der Waals surface area contributed by atoms with Crippen molar-refractivity contribution >= 4 is 15.7 Å². The van der Waals surface area contributed by atoms with E-state index in [9.17, 15) is 21.6 Å². The van der Waals surface area contributed by atoms with E-state index in [2.05, 4.69) is 21.9 Å². The van der Waals surface area contributed by atoms with Crippen LogP contribution in [0.5, 0.6) is 0 Å². The van der Waals surface area contributed by atoms with Crippen LogP contribution in [0.3, 0.4) is 0 Å². The van der Waals surface area contributed by atoms with E-state index in [0.717, 1.165) is 25.3 Å². The molecular formula is C16H24F3N7O2S. The number of alkyl halides is 3. The molecule has 0 amide bonds. The van der Waals surface area contributed by atoms with Crippen LogP contribution in [0, 0.1) is 11.8 Å². The molecule has 1 aromatic rings. The molecule has 3 aliphatic rings. The minimum absolute atomic E-state index is 0.0669. The zero-order valence-electron chi connectivity index (χ0n) is 15.5. The molecule has 3 atom stereocenters. The number of anilines is 1. The van der Waals surface area contributed by atoms with Crippen LogP contribution in [0.25, 0.3) is 0 Å². The number of nitrogens with one attached hydrogen (secondary N) is 4. The average molecular weight is 435 g/mol.